The topological polar surface area (TPSA) is 55.6 Å². The number of hydrogen-bond donors (Lipinski definition) is 1. The maximum Gasteiger partial charge on any atom is 0.249 e. The van der Waals surface area contributed by atoms with Gasteiger partial charge in [0.15, 0.2) is 0 Å². The van der Waals surface area contributed by atoms with Crippen LogP contribution in [0.1, 0.15) is 25.7 Å². The minimum Gasteiger partial charge on any atom is -0.392 e. The third-order valence-electron chi connectivity index (χ3n) is 2.68. The molecule has 0 aromatic carbocycles. The molecule has 0 aliphatic heterocycles. The first-order valence-corrected chi connectivity index (χ1v) is 5.62. The summed E-state index contributed by atoms with van der Waals surface area (Å²) in [6, 6.07) is 0.300. The summed E-state index contributed by atoms with van der Waals surface area (Å²) in [4.78, 5) is 13.9. The van der Waals surface area contributed by atoms with Crippen molar-refractivity contribution < 1.29 is 9.53 Å². The van der Waals surface area contributed by atoms with Crippen molar-refractivity contribution in [3.05, 3.63) is 0 Å². The zero-order valence-corrected chi connectivity index (χ0v) is 9.89. The number of nitrogens with two attached hydrogens (primary N) is 1. The summed E-state index contributed by atoms with van der Waals surface area (Å²) >= 11 is 4.85. The van der Waals surface area contributed by atoms with Crippen molar-refractivity contribution in [2.45, 2.75) is 31.7 Å². The van der Waals surface area contributed by atoms with Gasteiger partial charge in [-0.05, 0) is 12.8 Å². The molecule has 1 amide bonds. The summed E-state index contributed by atoms with van der Waals surface area (Å²) in [5.74, 6) is -0.0165. The molecule has 0 atom stereocenters. The lowest BCUT2D eigenvalue weighted by Gasteiger charge is -2.28. The molecule has 0 aromatic heterocycles. The van der Waals surface area contributed by atoms with Gasteiger partial charge in [-0.1, -0.05) is 25.1 Å². The van der Waals surface area contributed by atoms with Crippen LogP contribution in [0.2, 0.25) is 0 Å². The average Bonchev–Trinajstić information content (AvgIpc) is 2.66. The van der Waals surface area contributed by atoms with Gasteiger partial charge in [-0.25, -0.2) is 0 Å². The summed E-state index contributed by atoms with van der Waals surface area (Å²) < 4.78 is 4.85. The second kappa shape index (κ2) is 6.02. The van der Waals surface area contributed by atoms with Crippen molar-refractivity contribution in [3.63, 3.8) is 0 Å². The van der Waals surface area contributed by atoms with Crippen LogP contribution in [0, 0.1) is 0 Å². The van der Waals surface area contributed by atoms with Crippen LogP contribution in [0.4, 0.5) is 0 Å². The van der Waals surface area contributed by atoms with E-state index < -0.39 is 0 Å². The number of methoxy groups -OCH3 is 1. The van der Waals surface area contributed by atoms with E-state index in [1.165, 1.54) is 20.0 Å². The third kappa shape index (κ3) is 3.76. The average molecular weight is 230 g/mol. The van der Waals surface area contributed by atoms with Gasteiger partial charge in [0.2, 0.25) is 5.91 Å². The molecule has 0 spiro atoms. The highest BCUT2D eigenvalue weighted by molar-refractivity contribution is 7.80. The van der Waals surface area contributed by atoms with E-state index in [1.807, 2.05) is 0 Å². The highest BCUT2D eigenvalue weighted by Gasteiger charge is 2.26. The van der Waals surface area contributed by atoms with Crippen LogP contribution in [-0.4, -0.2) is 42.1 Å². The minimum absolute atomic E-state index is 0.0165. The van der Waals surface area contributed by atoms with E-state index >= 15 is 0 Å². The summed E-state index contributed by atoms with van der Waals surface area (Å²) in [6.07, 6.45) is 4.47. The number of hydrogen-bond acceptors (Lipinski definition) is 3. The van der Waals surface area contributed by atoms with Crippen molar-refractivity contribution >= 4 is 23.1 Å². The Labute approximate surface area is 95.8 Å². The number of thiocarbonyl (C=S) groups is 1. The van der Waals surface area contributed by atoms with Crippen LogP contribution in [0.3, 0.4) is 0 Å². The number of rotatable bonds is 5. The normalized spacial score (nSPS) is 16.6. The molecule has 1 fully saturated rings. The lowest BCUT2D eigenvalue weighted by Crippen LogP contribution is -2.45. The zero-order valence-electron chi connectivity index (χ0n) is 9.07. The van der Waals surface area contributed by atoms with E-state index in [9.17, 15) is 4.79 Å². The molecule has 15 heavy (non-hydrogen) atoms. The highest BCUT2D eigenvalue weighted by Crippen LogP contribution is 2.23. The quantitative estimate of drug-likeness (QED) is 0.706. The molecular formula is C10H18N2O2S. The van der Waals surface area contributed by atoms with Gasteiger partial charge in [-0.15, -0.1) is 0 Å². The van der Waals surface area contributed by atoms with Crippen molar-refractivity contribution in [2.75, 3.05) is 20.3 Å². The van der Waals surface area contributed by atoms with Crippen molar-refractivity contribution in [3.8, 4) is 0 Å². The van der Waals surface area contributed by atoms with E-state index in [0.29, 0.717) is 17.6 Å². The summed E-state index contributed by atoms with van der Waals surface area (Å²) in [7, 11) is 1.52. The SMILES string of the molecule is COCC(=O)N(CC(N)=S)C1CCCC1. The van der Waals surface area contributed by atoms with Crippen LogP contribution >= 0.6 is 12.2 Å². The summed E-state index contributed by atoms with van der Waals surface area (Å²) in [5.41, 5.74) is 5.49. The Kier molecular flexibility index (Phi) is 4.98. The van der Waals surface area contributed by atoms with Gasteiger partial charge >= 0.3 is 0 Å². The molecule has 0 unspecified atom stereocenters. The lowest BCUT2D eigenvalue weighted by atomic mass is 10.2. The molecule has 1 rings (SSSR count). The zero-order chi connectivity index (χ0) is 11.3. The Morgan fingerprint density at radius 1 is 1.53 bits per heavy atom. The van der Waals surface area contributed by atoms with E-state index in [4.69, 9.17) is 22.7 Å². The van der Waals surface area contributed by atoms with E-state index in [1.54, 1.807) is 4.90 Å². The van der Waals surface area contributed by atoms with Crippen LogP contribution in [-0.2, 0) is 9.53 Å². The summed E-state index contributed by atoms with van der Waals surface area (Å²) in [5, 5.41) is 0. The van der Waals surface area contributed by atoms with Gasteiger partial charge in [-0.3, -0.25) is 4.79 Å². The van der Waals surface area contributed by atoms with E-state index in [2.05, 4.69) is 0 Å². The Bertz CT molecular complexity index is 240. The Morgan fingerprint density at radius 2 is 2.13 bits per heavy atom. The molecule has 0 aromatic rings. The smallest absolute Gasteiger partial charge is 0.249 e. The third-order valence-corrected chi connectivity index (χ3v) is 2.81. The van der Waals surface area contributed by atoms with Crippen LogP contribution in [0.15, 0.2) is 0 Å². The van der Waals surface area contributed by atoms with E-state index in [0.717, 1.165) is 12.8 Å². The number of carbonyl (C=O) groups is 1. The molecule has 0 bridgehead atoms. The van der Waals surface area contributed by atoms with Crippen LogP contribution in [0.5, 0.6) is 0 Å². The highest BCUT2D eigenvalue weighted by atomic mass is 32.1. The number of amides is 1. The van der Waals surface area contributed by atoms with Crippen molar-refractivity contribution in [1.82, 2.24) is 4.90 Å². The molecule has 4 nitrogen and oxygen atoms in total. The standard InChI is InChI=1S/C10H18N2O2S/c1-14-7-10(13)12(6-9(11)15)8-4-2-3-5-8/h8H,2-7H2,1H3,(H2,11,15). The molecule has 0 heterocycles. The lowest BCUT2D eigenvalue weighted by molar-refractivity contribution is -0.136. The van der Waals surface area contributed by atoms with Gasteiger partial charge in [0.05, 0.1) is 11.5 Å². The van der Waals surface area contributed by atoms with Gasteiger partial charge < -0.3 is 15.4 Å². The minimum atomic E-state index is -0.0165. The first kappa shape index (κ1) is 12.4. The van der Waals surface area contributed by atoms with Crippen LogP contribution < -0.4 is 5.73 Å². The molecule has 1 aliphatic rings. The predicted molar refractivity (Wildman–Crippen MR) is 62.6 cm³/mol. The molecule has 2 N–H and O–H groups in total. The fourth-order valence-electron chi connectivity index (χ4n) is 2.01. The second-order valence-electron chi connectivity index (χ2n) is 3.86. The maximum absolute atomic E-state index is 11.8. The maximum atomic E-state index is 11.8. The fourth-order valence-corrected chi connectivity index (χ4v) is 2.15. The molecule has 0 radical (unpaired) electrons. The first-order valence-electron chi connectivity index (χ1n) is 5.22. The number of nitrogens with zero attached hydrogens (tertiary/aromatic N) is 1. The fraction of sp³-hybridized carbons (Fsp3) is 0.800. The summed E-state index contributed by atoms with van der Waals surface area (Å²) in [6.45, 7) is 0.487. The van der Waals surface area contributed by atoms with Gasteiger partial charge in [-0.2, -0.15) is 0 Å². The molecule has 1 saturated carbocycles. The second-order valence-corrected chi connectivity index (χ2v) is 4.38. The van der Waals surface area contributed by atoms with Crippen molar-refractivity contribution in [1.29, 1.82) is 0 Å². The van der Waals surface area contributed by atoms with Gasteiger partial charge in [0.25, 0.3) is 0 Å². The Hall–Kier alpha value is -0.680. The number of carbonyl (C=O) groups excluding carboxylic acids is 1. The Balaban J connectivity index is 2.58. The molecule has 5 heteroatoms. The van der Waals surface area contributed by atoms with Gasteiger partial charge in [0, 0.05) is 13.2 Å². The predicted octanol–water partition coefficient (Wildman–Crippen LogP) is 0.690. The van der Waals surface area contributed by atoms with Crippen LogP contribution in [0.25, 0.3) is 0 Å². The Morgan fingerprint density at radius 3 is 2.60 bits per heavy atom. The first-order chi connectivity index (χ1) is 7.15. The van der Waals surface area contributed by atoms with Crippen molar-refractivity contribution in [2.24, 2.45) is 5.73 Å². The molecule has 0 saturated heterocycles. The number of ether oxygens (including phenoxy) is 1. The van der Waals surface area contributed by atoms with E-state index in [-0.39, 0.29) is 12.5 Å². The monoisotopic (exact) mass is 230 g/mol. The molecule has 1 aliphatic carbocycles. The molecule has 86 valence electrons. The largest absolute Gasteiger partial charge is 0.392 e. The molecular weight excluding hydrogens is 212 g/mol. The van der Waals surface area contributed by atoms with Gasteiger partial charge in [0.1, 0.15) is 6.61 Å².